The van der Waals surface area contributed by atoms with Gasteiger partial charge in [-0.15, -0.1) is 0 Å². The Bertz CT molecular complexity index is 1210. The van der Waals surface area contributed by atoms with Gasteiger partial charge in [0.25, 0.3) is 15.2 Å². The van der Waals surface area contributed by atoms with Crippen LogP contribution < -0.4 is 20.1 Å². The zero-order chi connectivity index (χ0) is 23.1. The van der Waals surface area contributed by atoms with Crippen LogP contribution in [0.1, 0.15) is 13.3 Å². The minimum Gasteiger partial charge on any atom is -0.497 e. The third-order valence-electron chi connectivity index (χ3n) is 4.11. The van der Waals surface area contributed by atoms with Gasteiger partial charge in [0.15, 0.2) is 5.58 Å². The highest BCUT2D eigenvalue weighted by Crippen LogP contribution is 2.26. The fourth-order valence-electron chi connectivity index (χ4n) is 2.56. The van der Waals surface area contributed by atoms with E-state index in [1.54, 1.807) is 24.3 Å². The van der Waals surface area contributed by atoms with E-state index in [9.17, 15) is 18.0 Å². The van der Waals surface area contributed by atoms with E-state index in [-0.39, 0.29) is 15.9 Å². The van der Waals surface area contributed by atoms with Crippen LogP contribution in [0.15, 0.2) is 57.0 Å². The van der Waals surface area contributed by atoms with Crippen LogP contribution in [-0.2, 0) is 14.8 Å². The van der Waals surface area contributed by atoms with Crippen LogP contribution in [0, 0.1) is 0 Å². The minimum absolute atomic E-state index is 0.0102. The molecule has 1 heterocycles. The predicted octanol–water partition coefficient (Wildman–Crippen LogP) is 2.97. The highest BCUT2D eigenvalue weighted by Gasteiger charge is 2.18. The van der Waals surface area contributed by atoms with Crippen molar-refractivity contribution in [2.75, 3.05) is 24.1 Å². The minimum atomic E-state index is -3.85. The summed E-state index contributed by atoms with van der Waals surface area (Å²) < 4.78 is 38.5. The van der Waals surface area contributed by atoms with Gasteiger partial charge in [-0.05, 0) is 48.9 Å². The van der Waals surface area contributed by atoms with Gasteiger partial charge in [0.05, 0.1) is 17.8 Å². The molecule has 0 fully saturated rings. The van der Waals surface area contributed by atoms with Crippen molar-refractivity contribution in [2.24, 2.45) is 0 Å². The van der Waals surface area contributed by atoms with Crippen LogP contribution in [0.3, 0.4) is 0 Å². The number of benzene rings is 2. The number of imide groups is 1. The number of thioether (sulfide) groups is 1. The lowest BCUT2D eigenvalue weighted by Gasteiger charge is -2.08. The molecule has 0 saturated heterocycles. The monoisotopic (exact) mass is 478 g/mol. The van der Waals surface area contributed by atoms with Crippen LogP contribution in [0.25, 0.3) is 11.1 Å². The summed E-state index contributed by atoms with van der Waals surface area (Å²) in [6.45, 7) is 2.37. The van der Waals surface area contributed by atoms with Gasteiger partial charge >= 0.3 is 6.03 Å². The van der Waals surface area contributed by atoms with Crippen molar-refractivity contribution >= 4 is 50.5 Å². The number of amides is 3. The van der Waals surface area contributed by atoms with Gasteiger partial charge in [-0.1, -0.05) is 18.7 Å². The average molecular weight is 479 g/mol. The van der Waals surface area contributed by atoms with Gasteiger partial charge in [-0.25, -0.2) is 18.2 Å². The smallest absolute Gasteiger partial charge is 0.321 e. The lowest BCUT2D eigenvalue weighted by Crippen LogP contribution is -2.40. The molecule has 3 rings (SSSR count). The molecule has 0 aliphatic rings. The number of nitrogens with zero attached hydrogens (tertiary/aromatic N) is 1. The zero-order valence-electron chi connectivity index (χ0n) is 17.4. The Morgan fingerprint density at radius 1 is 1.16 bits per heavy atom. The number of carbonyl (C=O) groups excluding carboxylic acids is 2. The average Bonchev–Trinajstić information content (AvgIpc) is 3.19. The quantitative estimate of drug-likeness (QED) is 0.399. The Hall–Kier alpha value is -3.25. The van der Waals surface area contributed by atoms with E-state index in [1.807, 2.05) is 6.92 Å². The number of fused-ring (bicyclic) bond motifs is 1. The number of urea groups is 1. The number of rotatable bonds is 9. The topological polar surface area (TPSA) is 140 Å². The molecule has 32 heavy (non-hydrogen) atoms. The molecule has 0 bridgehead atoms. The maximum Gasteiger partial charge on any atom is 0.321 e. The fourth-order valence-corrected chi connectivity index (χ4v) is 4.28. The van der Waals surface area contributed by atoms with Gasteiger partial charge in [-0.3, -0.25) is 14.8 Å². The number of aromatic nitrogens is 1. The van der Waals surface area contributed by atoms with Gasteiger partial charge in [0, 0.05) is 12.2 Å². The molecule has 3 aromatic rings. The standard InChI is InChI=1S/C20H22N4O6S2/c1-3-10-21-19(26)23-18(25)12-31-20-22-16-11-15(8-9-17(16)30-20)32(27,28)24-13-4-6-14(29-2)7-5-13/h4-9,11,24H,3,10,12H2,1-2H3,(H2,21,23,25,26). The second kappa shape index (κ2) is 10.4. The number of ether oxygens (including phenoxy) is 1. The molecule has 0 saturated carbocycles. The first-order valence-corrected chi connectivity index (χ1v) is 12.1. The number of hydrogen-bond acceptors (Lipinski definition) is 8. The van der Waals surface area contributed by atoms with Gasteiger partial charge < -0.3 is 14.5 Å². The van der Waals surface area contributed by atoms with Gasteiger partial charge in [0.1, 0.15) is 11.3 Å². The largest absolute Gasteiger partial charge is 0.497 e. The Morgan fingerprint density at radius 2 is 1.91 bits per heavy atom. The van der Waals surface area contributed by atoms with Crippen molar-refractivity contribution in [3.63, 3.8) is 0 Å². The number of sulfonamides is 1. The molecule has 10 nitrogen and oxygen atoms in total. The molecule has 3 N–H and O–H groups in total. The lowest BCUT2D eigenvalue weighted by molar-refractivity contribution is -0.117. The molecule has 0 radical (unpaired) electrons. The molecule has 3 amide bonds. The van der Waals surface area contributed by atoms with Crippen molar-refractivity contribution in [1.82, 2.24) is 15.6 Å². The number of anilines is 1. The summed E-state index contributed by atoms with van der Waals surface area (Å²) >= 11 is 0.993. The number of methoxy groups -OCH3 is 1. The molecule has 0 unspecified atom stereocenters. The molecule has 12 heteroatoms. The molecule has 2 aromatic carbocycles. The Kier molecular flexibility index (Phi) is 7.59. The van der Waals surface area contributed by atoms with Crippen molar-refractivity contribution in [3.05, 3.63) is 42.5 Å². The third kappa shape index (κ3) is 6.14. The first kappa shape index (κ1) is 23.4. The van der Waals surface area contributed by atoms with Gasteiger partial charge in [0.2, 0.25) is 5.91 Å². The van der Waals surface area contributed by atoms with E-state index in [0.717, 1.165) is 18.2 Å². The van der Waals surface area contributed by atoms with E-state index >= 15 is 0 Å². The molecular weight excluding hydrogens is 456 g/mol. The van der Waals surface area contributed by atoms with Crippen LogP contribution in [0.5, 0.6) is 5.75 Å². The first-order valence-electron chi connectivity index (χ1n) is 9.58. The molecule has 0 atom stereocenters. The molecule has 0 aliphatic carbocycles. The SMILES string of the molecule is CCCNC(=O)NC(=O)CSc1nc2cc(S(=O)(=O)Nc3ccc(OC)cc3)ccc2o1. The van der Waals surface area contributed by atoms with Crippen molar-refractivity contribution in [2.45, 2.75) is 23.5 Å². The molecular formula is C20H22N4O6S2. The Balaban J connectivity index is 1.66. The van der Waals surface area contributed by atoms with Crippen LogP contribution in [0.2, 0.25) is 0 Å². The van der Waals surface area contributed by atoms with Gasteiger partial charge in [-0.2, -0.15) is 0 Å². The van der Waals surface area contributed by atoms with Crippen LogP contribution >= 0.6 is 11.8 Å². The summed E-state index contributed by atoms with van der Waals surface area (Å²) in [7, 11) is -2.33. The summed E-state index contributed by atoms with van der Waals surface area (Å²) in [5.74, 6) is 0.0198. The molecule has 0 aliphatic heterocycles. The summed E-state index contributed by atoms with van der Waals surface area (Å²) in [6, 6.07) is 10.2. The van der Waals surface area contributed by atoms with E-state index in [1.165, 1.54) is 25.3 Å². The summed E-state index contributed by atoms with van der Waals surface area (Å²) in [5.41, 5.74) is 1.08. The number of oxazole rings is 1. The maximum absolute atomic E-state index is 12.7. The van der Waals surface area contributed by atoms with Crippen molar-refractivity contribution in [1.29, 1.82) is 0 Å². The molecule has 0 spiro atoms. The Labute approximate surface area is 189 Å². The molecule has 1 aromatic heterocycles. The summed E-state index contributed by atoms with van der Waals surface area (Å²) in [5, 5.41) is 4.92. The Morgan fingerprint density at radius 3 is 2.59 bits per heavy atom. The third-order valence-corrected chi connectivity index (χ3v) is 6.31. The number of carbonyl (C=O) groups is 2. The van der Waals surface area contributed by atoms with Crippen LogP contribution in [0.4, 0.5) is 10.5 Å². The lowest BCUT2D eigenvalue weighted by atomic mass is 10.3. The van der Waals surface area contributed by atoms with Crippen molar-refractivity contribution in [3.8, 4) is 5.75 Å². The second-order valence-electron chi connectivity index (χ2n) is 6.54. The second-order valence-corrected chi connectivity index (χ2v) is 9.15. The highest BCUT2D eigenvalue weighted by atomic mass is 32.2. The van der Waals surface area contributed by atoms with E-state index in [4.69, 9.17) is 9.15 Å². The van der Waals surface area contributed by atoms with E-state index < -0.39 is 22.0 Å². The van der Waals surface area contributed by atoms with Crippen LogP contribution in [-0.4, -0.2) is 44.7 Å². The maximum atomic E-state index is 12.7. The summed E-state index contributed by atoms with van der Waals surface area (Å²) in [4.78, 5) is 27.6. The van der Waals surface area contributed by atoms with E-state index in [2.05, 4.69) is 20.3 Å². The zero-order valence-corrected chi connectivity index (χ0v) is 19.0. The first-order chi connectivity index (χ1) is 15.3. The number of nitrogens with one attached hydrogen (secondary N) is 3. The number of hydrogen-bond donors (Lipinski definition) is 3. The highest BCUT2D eigenvalue weighted by molar-refractivity contribution is 7.99. The molecule has 170 valence electrons. The normalized spacial score (nSPS) is 11.2. The summed E-state index contributed by atoms with van der Waals surface area (Å²) in [6.07, 6.45) is 0.757. The fraction of sp³-hybridized carbons (Fsp3) is 0.250. The predicted molar refractivity (Wildman–Crippen MR) is 120 cm³/mol. The van der Waals surface area contributed by atoms with Crippen molar-refractivity contribution < 1.29 is 27.2 Å². The van der Waals surface area contributed by atoms with E-state index in [0.29, 0.717) is 29.1 Å².